The maximum Gasteiger partial charge on any atom is 0.410 e. The number of piperidine rings is 2. The SMILES string of the molecule is O=C(c1ccccc1)C1CCN(C(=O)C2CCC(CN3CC4(CCNCC4)OC3=O)CC2)CC1. The number of likely N-dealkylation sites (tertiary alicyclic amines) is 1. The number of hydrogen-bond donors (Lipinski definition) is 1. The van der Waals surface area contributed by atoms with Crippen LogP contribution in [0.25, 0.3) is 0 Å². The highest BCUT2D eigenvalue weighted by molar-refractivity contribution is 5.98. The maximum absolute atomic E-state index is 13.2. The van der Waals surface area contributed by atoms with Crippen LogP contribution in [0.5, 0.6) is 0 Å². The molecule has 1 N–H and O–H groups in total. The minimum atomic E-state index is -0.288. The highest BCUT2D eigenvalue weighted by Gasteiger charge is 2.46. The molecule has 2 amide bonds. The Hall–Kier alpha value is -2.41. The number of amides is 2. The Morgan fingerprint density at radius 1 is 0.941 bits per heavy atom. The van der Waals surface area contributed by atoms with Crippen LogP contribution in [0.2, 0.25) is 0 Å². The van der Waals surface area contributed by atoms with Crippen molar-refractivity contribution in [3.8, 4) is 0 Å². The van der Waals surface area contributed by atoms with E-state index in [9.17, 15) is 14.4 Å². The molecule has 5 rings (SSSR count). The summed E-state index contributed by atoms with van der Waals surface area (Å²) in [7, 11) is 0. The summed E-state index contributed by atoms with van der Waals surface area (Å²) < 4.78 is 5.80. The lowest BCUT2D eigenvalue weighted by atomic mass is 9.80. The fourth-order valence-electron chi connectivity index (χ4n) is 6.34. The van der Waals surface area contributed by atoms with Crippen molar-refractivity contribution in [3.05, 3.63) is 35.9 Å². The molecule has 1 aromatic carbocycles. The topological polar surface area (TPSA) is 79.0 Å². The van der Waals surface area contributed by atoms with Gasteiger partial charge in [0, 0.05) is 49.9 Å². The largest absolute Gasteiger partial charge is 0.441 e. The van der Waals surface area contributed by atoms with E-state index in [1.165, 1.54) is 0 Å². The van der Waals surface area contributed by atoms with Crippen molar-refractivity contribution < 1.29 is 19.1 Å². The van der Waals surface area contributed by atoms with Gasteiger partial charge >= 0.3 is 6.09 Å². The van der Waals surface area contributed by atoms with E-state index >= 15 is 0 Å². The van der Waals surface area contributed by atoms with E-state index in [4.69, 9.17) is 4.74 Å². The van der Waals surface area contributed by atoms with Crippen molar-refractivity contribution >= 4 is 17.8 Å². The number of nitrogens with zero attached hydrogens (tertiary/aromatic N) is 2. The van der Waals surface area contributed by atoms with Crippen LogP contribution in [0.4, 0.5) is 4.79 Å². The molecule has 0 aromatic heterocycles. The van der Waals surface area contributed by atoms with Gasteiger partial charge in [0.2, 0.25) is 5.91 Å². The van der Waals surface area contributed by atoms with Gasteiger partial charge in [0.1, 0.15) is 5.60 Å². The predicted octanol–water partition coefficient (Wildman–Crippen LogP) is 3.49. The van der Waals surface area contributed by atoms with Gasteiger partial charge < -0.3 is 19.9 Å². The number of benzene rings is 1. The molecule has 0 atom stereocenters. The number of hydrogen-bond acceptors (Lipinski definition) is 5. The molecule has 1 spiro atoms. The standard InChI is InChI=1S/C27H37N3O4/c31-24(21-4-2-1-3-5-21)22-10-16-29(17-11-22)25(32)23-8-6-20(7-9-23)18-30-19-27(34-26(30)33)12-14-28-15-13-27/h1-5,20,22-23,28H,6-19H2. The van der Waals surface area contributed by atoms with Gasteiger partial charge in [0.05, 0.1) is 6.54 Å². The fraction of sp³-hybridized carbons (Fsp3) is 0.667. The number of carbonyl (C=O) groups excluding carboxylic acids is 3. The van der Waals surface area contributed by atoms with Crippen LogP contribution in [0.1, 0.15) is 61.7 Å². The van der Waals surface area contributed by atoms with Crippen LogP contribution in [0.3, 0.4) is 0 Å². The second kappa shape index (κ2) is 10.1. The van der Waals surface area contributed by atoms with Crippen LogP contribution < -0.4 is 5.32 Å². The number of Topliss-reactive ketones (excluding diaryl/α,β-unsaturated/α-hetero) is 1. The van der Waals surface area contributed by atoms with Crippen molar-refractivity contribution in [2.24, 2.45) is 17.8 Å². The lowest BCUT2D eigenvalue weighted by Crippen LogP contribution is -2.45. The van der Waals surface area contributed by atoms with Crippen LogP contribution in [0.15, 0.2) is 30.3 Å². The third-order valence-corrected chi connectivity index (χ3v) is 8.47. The maximum atomic E-state index is 13.2. The van der Waals surface area contributed by atoms with Gasteiger partial charge in [-0.1, -0.05) is 30.3 Å². The molecule has 1 saturated carbocycles. The first kappa shape index (κ1) is 23.3. The lowest BCUT2D eigenvalue weighted by molar-refractivity contribution is -0.138. The van der Waals surface area contributed by atoms with Crippen molar-refractivity contribution in [2.75, 3.05) is 39.3 Å². The average Bonchev–Trinajstić information content (AvgIpc) is 3.18. The Morgan fingerprint density at radius 3 is 2.29 bits per heavy atom. The summed E-state index contributed by atoms with van der Waals surface area (Å²) in [4.78, 5) is 42.2. The number of carbonyl (C=O) groups is 3. The first-order chi connectivity index (χ1) is 16.5. The zero-order valence-corrected chi connectivity index (χ0v) is 20.0. The minimum absolute atomic E-state index is 0.0191. The van der Waals surface area contributed by atoms with E-state index in [1.807, 2.05) is 40.1 Å². The zero-order chi connectivity index (χ0) is 23.5. The molecule has 184 valence electrons. The molecule has 3 aliphatic heterocycles. The predicted molar refractivity (Wildman–Crippen MR) is 128 cm³/mol. The number of ketones is 1. The van der Waals surface area contributed by atoms with Gasteiger partial charge in [-0.25, -0.2) is 4.79 Å². The average molecular weight is 468 g/mol. The Bertz CT molecular complexity index is 882. The molecular weight excluding hydrogens is 430 g/mol. The van der Waals surface area contributed by atoms with Gasteiger partial charge in [-0.2, -0.15) is 0 Å². The first-order valence-corrected chi connectivity index (χ1v) is 13.1. The van der Waals surface area contributed by atoms with Crippen LogP contribution >= 0.6 is 0 Å². The van der Waals surface area contributed by atoms with Crippen molar-refractivity contribution in [2.45, 2.75) is 57.0 Å². The monoisotopic (exact) mass is 467 g/mol. The smallest absolute Gasteiger partial charge is 0.410 e. The summed E-state index contributed by atoms with van der Waals surface area (Å²) in [6, 6.07) is 9.49. The van der Waals surface area contributed by atoms with Gasteiger partial charge in [-0.05, 0) is 57.5 Å². The molecule has 1 aromatic rings. The summed E-state index contributed by atoms with van der Waals surface area (Å²) in [6.45, 7) is 4.64. The summed E-state index contributed by atoms with van der Waals surface area (Å²) in [6.07, 6.45) is 6.89. The van der Waals surface area contributed by atoms with Crippen LogP contribution in [-0.2, 0) is 9.53 Å². The van der Waals surface area contributed by atoms with Gasteiger partial charge in [0.15, 0.2) is 5.78 Å². The van der Waals surface area contributed by atoms with E-state index in [-0.39, 0.29) is 35.2 Å². The lowest BCUT2D eigenvalue weighted by Gasteiger charge is -2.36. The molecule has 0 unspecified atom stereocenters. The van der Waals surface area contributed by atoms with Crippen molar-refractivity contribution in [1.82, 2.24) is 15.1 Å². The second-order valence-electron chi connectivity index (χ2n) is 10.7. The third kappa shape index (κ3) is 4.99. The molecule has 4 fully saturated rings. The number of nitrogens with one attached hydrogen (secondary N) is 1. The molecule has 3 saturated heterocycles. The highest BCUT2D eigenvalue weighted by Crippen LogP contribution is 2.35. The Labute approximate surface area is 202 Å². The second-order valence-corrected chi connectivity index (χ2v) is 10.7. The van der Waals surface area contributed by atoms with E-state index in [0.29, 0.717) is 25.6 Å². The summed E-state index contributed by atoms with van der Waals surface area (Å²) in [5.41, 5.74) is 0.488. The fourth-order valence-corrected chi connectivity index (χ4v) is 6.34. The summed E-state index contributed by atoms with van der Waals surface area (Å²) >= 11 is 0. The summed E-state index contributed by atoms with van der Waals surface area (Å²) in [5, 5.41) is 3.34. The van der Waals surface area contributed by atoms with Crippen molar-refractivity contribution in [1.29, 1.82) is 0 Å². The first-order valence-electron chi connectivity index (χ1n) is 13.1. The molecule has 7 nitrogen and oxygen atoms in total. The summed E-state index contributed by atoms with van der Waals surface area (Å²) in [5.74, 6) is 1.02. The zero-order valence-electron chi connectivity index (χ0n) is 20.0. The Balaban J connectivity index is 1.06. The Kier molecular flexibility index (Phi) is 6.91. The molecule has 3 heterocycles. The van der Waals surface area contributed by atoms with Gasteiger partial charge in [-0.3, -0.25) is 9.59 Å². The third-order valence-electron chi connectivity index (χ3n) is 8.47. The Morgan fingerprint density at radius 2 is 1.62 bits per heavy atom. The molecular formula is C27H37N3O4. The van der Waals surface area contributed by atoms with Crippen LogP contribution in [-0.4, -0.2) is 72.5 Å². The molecule has 0 radical (unpaired) electrons. The quantitative estimate of drug-likeness (QED) is 0.671. The molecule has 7 heteroatoms. The molecule has 0 bridgehead atoms. The molecule has 4 aliphatic rings. The van der Waals surface area contributed by atoms with Crippen LogP contribution in [0, 0.1) is 17.8 Å². The molecule has 34 heavy (non-hydrogen) atoms. The van der Waals surface area contributed by atoms with Crippen molar-refractivity contribution in [3.63, 3.8) is 0 Å². The van der Waals surface area contributed by atoms with Gasteiger partial charge in [0.25, 0.3) is 0 Å². The van der Waals surface area contributed by atoms with E-state index in [1.54, 1.807) is 0 Å². The molecule has 1 aliphatic carbocycles. The van der Waals surface area contributed by atoms with E-state index < -0.39 is 0 Å². The minimum Gasteiger partial charge on any atom is -0.441 e. The normalized spacial score (nSPS) is 27.6. The number of rotatable bonds is 5. The van der Waals surface area contributed by atoms with E-state index in [2.05, 4.69) is 5.32 Å². The highest BCUT2D eigenvalue weighted by atomic mass is 16.6. The number of ether oxygens (including phenoxy) is 1. The van der Waals surface area contributed by atoms with E-state index in [0.717, 1.165) is 76.6 Å². The van der Waals surface area contributed by atoms with Gasteiger partial charge in [-0.15, -0.1) is 0 Å².